The van der Waals surface area contributed by atoms with Gasteiger partial charge in [0.1, 0.15) is 5.75 Å². The minimum absolute atomic E-state index is 0.0884. The minimum Gasteiger partial charge on any atom is -0.497 e. The van der Waals surface area contributed by atoms with Crippen LogP contribution in [0, 0.1) is 0 Å². The molecule has 0 spiro atoms. The lowest BCUT2D eigenvalue weighted by atomic mass is 9.98. The van der Waals surface area contributed by atoms with Crippen molar-refractivity contribution < 1.29 is 9.53 Å². The fraction of sp³-hybridized carbons (Fsp3) is 0.533. The lowest BCUT2D eigenvalue weighted by molar-refractivity contribution is 0.0626. The number of hydrogen-bond acceptors (Lipinski definition) is 3. The van der Waals surface area contributed by atoms with Crippen molar-refractivity contribution in [1.29, 1.82) is 0 Å². The monoisotopic (exact) mass is 262 g/mol. The largest absolute Gasteiger partial charge is 0.497 e. The molecule has 0 aromatic heterocycles. The molecule has 0 radical (unpaired) electrons. The summed E-state index contributed by atoms with van der Waals surface area (Å²) in [5.74, 6) is 0.814. The van der Waals surface area contributed by atoms with Crippen LogP contribution >= 0.6 is 0 Å². The summed E-state index contributed by atoms with van der Waals surface area (Å²) >= 11 is 0. The number of hydrogen-bond donors (Lipinski definition) is 1. The SMILES string of the molecule is CNCC1(C)CCCN1C(=O)c1cccc(OC)c1. The molecule has 2 rings (SSSR count). The molecule has 0 bridgehead atoms. The van der Waals surface area contributed by atoms with E-state index in [9.17, 15) is 4.79 Å². The Morgan fingerprint density at radius 1 is 1.53 bits per heavy atom. The van der Waals surface area contributed by atoms with Crippen LogP contribution in [-0.4, -0.2) is 43.6 Å². The van der Waals surface area contributed by atoms with Gasteiger partial charge in [-0.2, -0.15) is 0 Å². The van der Waals surface area contributed by atoms with Crippen LogP contribution in [0.1, 0.15) is 30.1 Å². The van der Waals surface area contributed by atoms with Crippen LogP contribution in [0.15, 0.2) is 24.3 Å². The average molecular weight is 262 g/mol. The first-order chi connectivity index (χ1) is 9.10. The van der Waals surface area contributed by atoms with Gasteiger partial charge >= 0.3 is 0 Å². The fourth-order valence-electron chi connectivity index (χ4n) is 2.85. The molecule has 1 aliphatic heterocycles. The molecule has 1 unspecified atom stereocenters. The molecule has 1 aromatic rings. The van der Waals surface area contributed by atoms with Crippen LogP contribution in [-0.2, 0) is 0 Å². The number of nitrogens with one attached hydrogen (secondary N) is 1. The highest BCUT2D eigenvalue weighted by Gasteiger charge is 2.39. The van der Waals surface area contributed by atoms with Gasteiger partial charge in [-0.1, -0.05) is 6.07 Å². The highest BCUT2D eigenvalue weighted by atomic mass is 16.5. The zero-order chi connectivity index (χ0) is 13.9. The maximum Gasteiger partial charge on any atom is 0.254 e. The van der Waals surface area contributed by atoms with Crippen LogP contribution in [0.25, 0.3) is 0 Å². The lowest BCUT2D eigenvalue weighted by Gasteiger charge is -2.35. The van der Waals surface area contributed by atoms with Crippen molar-refractivity contribution >= 4 is 5.91 Å². The Morgan fingerprint density at radius 2 is 2.32 bits per heavy atom. The van der Waals surface area contributed by atoms with Crippen molar-refractivity contribution in [2.45, 2.75) is 25.3 Å². The number of amides is 1. The van der Waals surface area contributed by atoms with E-state index in [-0.39, 0.29) is 11.4 Å². The van der Waals surface area contributed by atoms with Crippen molar-refractivity contribution in [2.24, 2.45) is 0 Å². The van der Waals surface area contributed by atoms with Gasteiger partial charge in [0.15, 0.2) is 0 Å². The summed E-state index contributed by atoms with van der Waals surface area (Å²) in [6, 6.07) is 7.37. The minimum atomic E-state index is -0.0884. The number of nitrogens with zero attached hydrogens (tertiary/aromatic N) is 1. The van der Waals surface area contributed by atoms with Gasteiger partial charge in [-0.3, -0.25) is 4.79 Å². The van der Waals surface area contributed by atoms with Gasteiger partial charge in [0.05, 0.1) is 12.6 Å². The molecular formula is C15H22N2O2. The van der Waals surface area contributed by atoms with Crippen molar-refractivity contribution in [3.05, 3.63) is 29.8 Å². The third-order valence-corrected chi connectivity index (χ3v) is 3.87. The predicted molar refractivity (Wildman–Crippen MR) is 75.6 cm³/mol. The Bertz CT molecular complexity index is 461. The number of ether oxygens (including phenoxy) is 1. The predicted octanol–water partition coefficient (Wildman–Crippen LogP) is 1.91. The normalized spacial score (nSPS) is 22.6. The van der Waals surface area contributed by atoms with E-state index >= 15 is 0 Å². The first-order valence-electron chi connectivity index (χ1n) is 6.71. The van der Waals surface area contributed by atoms with Gasteiger partial charge in [0.2, 0.25) is 0 Å². The highest BCUT2D eigenvalue weighted by Crippen LogP contribution is 2.30. The molecule has 1 N–H and O–H groups in total. The van der Waals surface area contributed by atoms with Crippen LogP contribution in [0.4, 0.5) is 0 Å². The third-order valence-electron chi connectivity index (χ3n) is 3.87. The second-order valence-electron chi connectivity index (χ2n) is 5.32. The van der Waals surface area contributed by atoms with E-state index in [0.29, 0.717) is 5.56 Å². The summed E-state index contributed by atoms with van der Waals surface area (Å²) in [7, 11) is 3.54. The average Bonchev–Trinajstić information content (AvgIpc) is 2.80. The van der Waals surface area contributed by atoms with E-state index in [1.807, 2.05) is 30.1 Å². The number of rotatable bonds is 4. The first-order valence-corrected chi connectivity index (χ1v) is 6.71. The third kappa shape index (κ3) is 2.73. The van der Waals surface area contributed by atoms with E-state index in [2.05, 4.69) is 12.2 Å². The van der Waals surface area contributed by atoms with Crippen molar-refractivity contribution in [3.8, 4) is 5.75 Å². The van der Waals surface area contributed by atoms with E-state index in [0.717, 1.165) is 31.7 Å². The van der Waals surface area contributed by atoms with Gasteiger partial charge in [0, 0.05) is 18.7 Å². The van der Waals surface area contributed by atoms with Gasteiger partial charge < -0.3 is 15.0 Å². The quantitative estimate of drug-likeness (QED) is 0.901. The van der Waals surface area contributed by atoms with E-state index in [4.69, 9.17) is 4.74 Å². The van der Waals surface area contributed by atoms with E-state index < -0.39 is 0 Å². The molecule has 0 aliphatic carbocycles. The summed E-state index contributed by atoms with van der Waals surface area (Å²) in [5.41, 5.74) is 0.609. The van der Waals surface area contributed by atoms with Gasteiger partial charge in [-0.15, -0.1) is 0 Å². The topological polar surface area (TPSA) is 41.6 Å². The molecule has 1 saturated heterocycles. The van der Waals surface area contributed by atoms with Crippen molar-refractivity contribution in [3.63, 3.8) is 0 Å². The number of likely N-dealkylation sites (tertiary alicyclic amines) is 1. The molecule has 1 atom stereocenters. The van der Waals surface area contributed by atoms with Crippen molar-refractivity contribution in [1.82, 2.24) is 10.2 Å². The standard InChI is InChI=1S/C15H22N2O2/c1-15(11-16-2)8-5-9-17(15)14(18)12-6-4-7-13(10-12)19-3/h4,6-7,10,16H,5,8-9,11H2,1-3H3. The molecular weight excluding hydrogens is 240 g/mol. The van der Waals surface area contributed by atoms with Crippen LogP contribution < -0.4 is 10.1 Å². The van der Waals surface area contributed by atoms with E-state index in [1.165, 1.54) is 0 Å². The zero-order valence-electron chi connectivity index (χ0n) is 11.9. The number of benzene rings is 1. The lowest BCUT2D eigenvalue weighted by Crippen LogP contribution is -2.50. The summed E-state index contributed by atoms with van der Waals surface area (Å²) in [6.07, 6.45) is 2.11. The zero-order valence-corrected chi connectivity index (χ0v) is 11.9. The molecule has 1 aliphatic rings. The molecule has 1 fully saturated rings. The van der Waals surface area contributed by atoms with Crippen LogP contribution in [0.5, 0.6) is 5.75 Å². The highest BCUT2D eigenvalue weighted by molar-refractivity contribution is 5.95. The van der Waals surface area contributed by atoms with Gasteiger partial charge in [-0.05, 0) is 45.0 Å². The second-order valence-corrected chi connectivity index (χ2v) is 5.32. The maximum absolute atomic E-state index is 12.6. The molecule has 1 aromatic carbocycles. The van der Waals surface area contributed by atoms with E-state index in [1.54, 1.807) is 13.2 Å². The molecule has 19 heavy (non-hydrogen) atoms. The Morgan fingerprint density at radius 3 is 3.00 bits per heavy atom. The number of likely N-dealkylation sites (N-methyl/N-ethyl adjacent to an activating group) is 1. The molecule has 1 heterocycles. The van der Waals surface area contributed by atoms with Crippen LogP contribution in [0.2, 0.25) is 0 Å². The van der Waals surface area contributed by atoms with Gasteiger partial charge in [0.25, 0.3) is 5.91 Å². The number of methoxy groups -OCH3 is 1. The molecule has 4 nitrogen and oxygen atoms in total. The summed E-state index contributed by atoms with van der Waals surface area (Å²) in [5, 5.41) is 3.19. The molecule has 1 amide bonds. The Balaban J connectivity index is 2.23. The smallest absolute Gasteiger partial charge is 0.254 e. The summed E-state index contributed by atoms with van der Waals surface area (Å²) in [4.78, 5) is 14.6. The van der Waals surface area contributed by atoms with Crippen molar-refractivity contribution in [2.75, 3.05) is 27.2 Å². The van der Waals surface area contributed by atoms with Crippen LogP contribution in [0.3, 0.4) is 0 Å². The summed E-state index contributed by atoms with van der Waals surface area (Å²) in [6.45, 7) is 3.80. The summed E-state index contributed by atoms with van der Waals surface area (Å²) < 4.78 is 5.18. The number of carbonyl (C=O) groups excluding carboxylic acids is 1. The molecule has 4 heteroatoms. The fourth-order valence-corrected chi connectivity index (χ4v) is 2.85. The number of carbonyl (C=O) groups is 1. The first kappa shape index (κ1) is 13.9. The Kier molecular flexibility index (Phi) is 4.10. The van der Waals surface area contributed by atoms with Gasteiger partial charge in [-0.25, -0.2) is 0 Å². The molecule has 0 saturated carbocycles. The second kappa shape index (κ2) is 5.61. The molecule has 104 valence electrons. The Hall–Kier alpha value is -1.55. The Labute approximate surface area is 114 Å². The maximum atomic E-state index is 12.6.